The molecule has 2 nitrogen and oxygen atoms in total. The summed E-state index contributed by atoms with van der Waals surface area (Å²) in [6, 6.07) is 49.0. The largest absolute Gasteiger partial charge is 0.368 e. The second kappa shape index (κ2) is 10.9. The molecule has 0 aliphatic carbocycles. The Balaban J connectivity index is 1.13. The van der Waals surface area contributed by atoms with Gasteiger partial charge in [-0.25, -0.2) is 4.98 Å². The van der Waals surface area contributed by atoms with Crippen molar-refractivity contribution < 1.29 is 0 Å². The molecule has 220 valence electrons. The van der Waals surface area contributed by atoms with Crippen LogP contribution in [-0.4, -0.2) is 4.98 Å². The lowest BCUT2D eigenvalue weighted by Crippen LogP contribution is -2.00. The third kappa shape index (κ3) is 4.60. The summed E-state index contributed by atoms with van der Waals surface area (Å²) in [5, 5.41) is 10.1. The van der Waals surface area contributed by atoms with Crippen molar-refractivity contribution in [3.05, 3.63) is 150 Å². The van der Waals surface area contributed by atoms with E-state index in [1.807, 2.05) is 11.8 Å². The van der Waals surface area contributed by atoms with Crippen molar-refractivity contribution in [3.63, 3.8) is 0 Å². The lowest BCUT2D eigenvalue weighted by Gasteiger charge is -2.18. The van der Waals surface area contributed by atoms with Crippen molar-refractivity contribution in [2.75, 3.05) is 5.32 Å². The molecular weight excluding hydrogens is 597 g/mol. The molecule has 1 aromatic heterocycles. The Labute approximate surface area is 276 Å². The minimum absolute atomic E-state index is 0.219. The van der Waals surface area contributed by atoms with Crippen molar-refractivity contribution >= 4 is 60.5 Å². The lowest BCUT2D eigenvalue weighted by atomic mass is 9.85. The smallest absolute Gasteiger partial charge is 0.124 e. The van der Waals surface area contributed by atoms with Gasteiger partial charge in [0.2, 0.25) is 0 Å². The van der Waals surface area contributed by atoms with Crippen LogP contribution in [-0.2, 0) is 0 Å². The number of aryl methyl sites for hydroxylation is 2. The molecule has 2 heterocycles. The standard InChI is InChI=1S/C42H30N2S2/c1-25-11-21-35-37(23-25)45-41(43-35)29-17-13-27(14-18-29)39-31-7-3-5-9-33(31)40(34-10-6-4-8-32(34)39)28-15-19-30(20-16-28)42-44-36-22-12-26(2)24-38(36)46-42/h3-24,41,43H,1-2H3. The zero-order chi connectivity index (χ0) is 30.8. The molecule has 9 rings (SSSR count). The highest BCUT2D eigenvalue weighted by atomic mass is 32.2. The third-order valence-corrected chi connectivity index (χ3v) is 11.4. The molecule has 4 heteroatoms. The van der Waals surface area contributed by atoms with E-state index in [9.17, 15) is 0 Å². The maximum absolute atomic E-state index is 4.93. The number of thiazole rings is 1. The van der Waals surface area contributed by atoms with Crippen LogP contribution >= 0.6 is 23.1 Å². The predicted molar refractivity (Wildman–Crippen MR) is 199 cm³/mol. The first-order valence-corrected chi connectivity index (χ1v) is 17.3. The predicted octanol–water partition coefficient (Wildman–Crippen LogP) is 12.4. The molecule has 46 heavy (non-hydrogen) atoms. The Morgan fingerprint density at radius 3 is 1.74 bits per heavy atom. The minimum Gasteiger partial charge on any atom is -0.368 e. The van der Waals surface area contributed by atoms with Gasteiger partial charge in [-0.15, -0.1) is 11.3 Å². The summed E-state index contributed by atoms with van der Waals surface area (Å²) in [4.78, 5) is 6.25. The van der Waals surface area contributed by atoms with Crippen LogP contribution in [0.15, 0.2) is 138 Å². The van der Waals surface area contributed by atoms with Gasteiger partial charge in [-0.05, 0) is 98.6 Å². The Hall–Kier alpha value is -4.90. The molecule has 1 atom stereocenters. The van der Waals surface area contributed by atoms with Crippen LogP contribution in [0.1, 0.15) is 22.1 Å². The van der Waals surface area contributed by atoms with E-state index in [1.165, 1.54) is 75.8 Å². The van der Waals surface area contributed by atoms with Gasteiger partial charge in [0.25, 0.3) is 0 Å². The van der Waals surface area contributed by atoms with Gasteiger partial charge in [0.15, 0.2) is 0 Å². The summed E-state index contributed by atoms with van der Waals surface area (Å²) < 4.78 is 1.23. The molecule has 1 aliphatic rings. The molecule has 8 aromatic rings. The Bertz CT molecular complexity index is 2380. The van der Waals surface area contributed by atoms with E-state index in [1.54, 1.807) is 11.3 Å². The number of anilines is 1. The zero-order valence-corrected chi connectivity index (χ0v) is 27.2. The van der Waals surface area contributed by atoms with E-state index in [4.69, 9.17) is 4.98 Å². The number of thioether (sulfide) groups is 1. The van der Waals surface area contributed by atoms with E-state index in [2.05, 4.69) is 153 Å². The molecule has 1 unspecified atom stereocenters. The first-order valence-electron chi connectivity index (χ1n) is 15.6. The normalized spacial score (nSPS) is 14.2. The van der Waals surface area contributed by atoms with Gasteiger partial charge in [-0.2, -0.15) is 0 Å². The van der Waals surface area contributed by atoms with Crippen molar-refractivity contribution in [3.8, 4) is 32.8 Å². The summed E-state index contributed by atoms with van der Waals surface area (Å²) in [5.74, 6) is 0. The number of nitrogens with zero attached hydrogens (tertiary/aromatic N) is 1. The molecule has 0 saturated carbocycles. The molecule has 0 spiro atoms. The van der Waals surface area contributed by atoms with Gasteiger partial charge >= 0.3 is 0 Å². The van der Waals surface area contributed by atoms with Crippen LogP contribution in [0.2, 0.25) is 0 Å². The average Bonchev–Trinajstić information content (AvgIpc) is 3.71. The molecule has 0 saturated heterocycles. The van der Waals surface area contributed by atoms with E-state index in [0.717, 1.165) is 16.1 Å². The average molecular weight is 627 g/mol. The van der Waals surface area contributed by atoms with Gasteiger partial charge in [-0.3, -0.25) is 0 Å². The number of benzene rings is 7. The fourth-order valence-corrected chi connectivity index (χ4v) is 9.12. The molecule has 0 bridgehead atoms. The van der Waals surface area contributed by atoms with Crippen LogP contribution in [0.25, 0.3) is 64.6 Å². The van der Waals surface area contributed by atoms with Gasteiger partial charge in [0, 0.05) is 16.1 Å². The second-order valence-corrected chi connectivity index (χ2v) is 14.4. The van der Waals surface area contributed by atoms with E-state index in [0.29, 0.717) is 0 Å². The van der Waals surface area contributed by atoms with Crippen LogP contribution in [0, 0.1) is 13.8 Å². The topological polar surface area (TPSA) is 24.9 Å². The first-order chi connectivity index (χ1) is 22.6. The first kappa shape index (κ1) is 27.4. The van der Waals surface area contributed by atoms with Crippen molar-refractivity contribution in [1.29, 1.82) is 0 Å². The number of aromatic nitrogens is 1. The van der Waals surface area contributed by atoms with Crippen molar-refractivity contribution in [1.82, 2.24) is 4.98 Å². The van der Waals surface area contributed by atoms with Crippen LogP contribution < -0.4 is 5.32 Å². The molecule has 0 amide bonds. The monoisotopic (exact) mass is 626 g/mol. The highest BCUT2D eigenvalue weighted by molar-refractivity contribution is 8.00. The fourth-order valence-electron chi connectivity index (χ4n) is 6.81. The Morgan fingerprint density at radius 1 is 0.565 bits per heavy atom. The van der Waals surface area contributed by atoms with E-state index >= 15 is 0 Å². The van der Waals surface area contributed by atoms with Gasteiger partial charge in [-0.1, -0.05) is 121 Å². The Morgan fingerprint density at radius 2 is 1.11 bits per heavy atom. The van der Waals surface area contributed by atoms with Gasteiger partial charge < -0.3 is 5.32 Å². The third-order valence-electron chi connectivity index (χ3n) is 9.07. The van der Waals surface area contributed by atoms with Crippen molar-refractivity contribution in [2.45, 2.75) is 24.1 Å². The van der Waals surface area contributed by atoms with Crippen molar-refractivity contribution in [2.24, 2.45) is 0 Å². The highest BCUT2D eigenvalue weighted by Gasteiger charge is 2.23. The maximum Gasteiger partial charge on any atom is 0.124 e. The lowest BCUT2D eigenvalue weighted by molar-refractivity contribution is 1.13. The van der Waals surface area contributed by atoms with E-state index < -0.39 is 0 Å². The van der Waals surface area contributed by atoms with Crippen LogP contribution in [0.4, 0.5) is 5.69 Å². The minimum atomic E-state index is 0.219. The highest BCUT2D eigenvalue weighted by Crippen LogP contribution is 2.48. The number of nitrogens with one attached hydrogen (secondary N) is 1. The number of rotatable bonds is 4. The van der Waals surface area contributed by atoms with E-state index in [-0.39, 0.29) is 5.37 Å². The fraction of sp³-hybridized carbons (Fsp3) is 0.0714. The summed E-state index contributed by atoms with van der Waals surface area (Å²) in [6.07, 6.45) is 0. The maximum atomic E-state index is 4.93. The van der Waals surface area contributed by atoms with Gasteiger partial charge in [0.05, 0.1) is 10.2 Å². The number of fused-ring (bicyclic) bond motifs is 4. The summed E-state index contributed by atoms with van der Waals surface area (Å²) >= 11 is 3.66. The summed E-state index contributed by atoms with van der Waals surface area (Å²) in [6.45, 7) is 4.29. The summed E-state index contributed by atoms with van der Waals surface area (Å²) in [5.41, 5.74) is 12.3. The number of hydrogen-bond donors (Lipinski definition) is 1. The van der Waals surface area contributed by atoms with Crippen LogP contribution in [0.5, 0.6) is 0 Å². The zero-order valence-electron chi connectivity index (χ0n) is 25.5. The molecule has 7 aromatic carbocycles. The quantitative estimate of drug-likeness (QED) is 0.197. The SMILES string of the molecule is Cc1ccc2c(c1)SC(c1ccc(-c3c4ccccc4c(-c4ccc(-c5nc6ccc(C)cc6s5)cc4)c4ccccc34)cc1)N2. The molecular formula is C42H30N2S2. The van der Waals surface area contributed by atoms with Crippen LogP contribution in [0.3, 0.4) is 0 Å². The molecule has 1 aliphatic heterocycles. The number of hydrogen-bond acceptors (Lipinski definition) is 4. The molecule has 0 radical (unpaired) electrons. The van der Waals surface area contributed by atoms with Gasteiger partial charge in [0.1, 0.15) is 10.4 Å². The molecule has 1 N–H and O–H groups in total. The summed E-state index contributed by atoms with van der Waals surface area (Å²) in [7, 11) is 0. The Kier molecular flexibility index (Phi) is 6.48. The second-order valence-electron chi connectivity index (χ2n) is 12.2. The molecule has 0 fully saturated rings.